The Morgan fingerprint density at radius 2 is 1.67 bits per heavy atom. The maximum atomic E-state index is 13.1. The Balaban J connectivity index is 2.88. The Labute approximate surface area is 98.8 Å². The van der Waals surface area contributed by atoms with Crippen molar-refractivity contribution >= 4 is 7.91 Å². The van der Waals surface area contributed by atoms with Crippen LogP contribution in [0.1, 0.15) is 5.56 Å². The van der Waals surface area contributed by atoms with E-state index in [1.165, 1.54) is 18.2 Å². The van der Waals surface area contributed by atoms with Crippen LogP contribution < -0.4 is 0 Å². The van der Waals surface area contributed by atoms with Gasteiger partial charge in [0.05, 0.1) is 0 Å². The molecule has 0 aliphatic rings. The van der Waals surface area contributed by atoms with Gasteiger partial charge in [-0.2, -0.15) is 17.6 Å². The number of rotatable bonds is 5. The Morgan fingerprint density at radius 3 is 2.11 bits per heavy atom. The lowest BCUT2D eigenvalue weighted by molar-refractivity contribution is -0.312. The molecule has 0 saturated heterocycles. The molecule has 1 N–H and O–H groups in total. The summed E-state index contributed by atoms with van der Waals surface area (Å²) in [4.78, 5) is 7.94. The summed E-state index contributed by atoms with van der Waals surface area (Å²) < 4.78 is 76.6. The molecule has 0 aliphatic carbocycles. The molecule has 0 saturated carbocycles. The summed E-state index contributed by atoms with van der Waals surface area (Å²) in [7, 11) is -6.22. The molecule has 18 heavy (non-hydrogen) atoms. The quantitative estimate of drug-likeness (QED) is 0.666. The highest BCUT2D eigenvalue weighted by Crippen LogP contribution is 2.53. The molecule has 3 nitrogen and oxygen atoms in total. The van der Waals surface area contributed by atoms with Crippen LogP contribution in [0.2, 0.25) is 0 Å². The maximum absolute atomic E-state index is 13.1. The third-order valence-electron chi connectivity index (χ3n) is 1.92. The van der Waals surface area contributed by atoms with Crippen LogP contribution in [0.15, 0.2) is 30.3 Å². The van der Waals surface area contributed by atoms with Gasteiger partial charge in [0.1, 0.15) is 0 Å². The molecule has 0 bridgehead atoms. The van der Waals surface area contributed by atoms with Gasteiger partial charge in [-0.15, -0.1) is 4.20 Å². The van der Waals surface area contributed by atoms with E-state index in [2.05, 4.69) is 4.52 Å². The van der Waals surface area contributed by atoms with Crippen LogP contribution in [0.3, 0.4) is 0 Å². The van der Waals surface area contributed by atoms with Gasteiger partial charge < -0.3 is 0 Å². The molecule has 0 radical (unpaired) electrons. The first kappa shape index (κ1) is 15.1. The van der Waals surface area contributed by atoms with E-state index in [0.717, 1.165) is 12.1 Å². The van der Waals surface area contributed by atoms with E-state index in [4.69, 9.17) is 4.89 Å². The van der Waals surface area contributed by atoms with E-state index in [9.17, 15) is 26.3 Å². The minimum atomic E-state index is -6.22. The van der Waals surface area contributed by atoms with Gasteiger partial charge in [0, 0.05) is 6.42 Å². The van der Waals surface area contributed by atoms with Crippen molar-refractivity contribution in [2.24, 2.45) is 0 Å². The van der Waals surface area contributed by atoms with Crippen LogP contribution in [-0.4, -0.2) is 16.9 Å². The summed E-state index contributed by atoms with van der Waals surface area (Å²) in [6.45, 7) is 0. The second-order valence-corrected chi connectivity index (χ2v) is 4.51. The van der Waals surface area contributed by atoms with Gasteiger partial charge in [-0.1, -0.05) is 30.3 Å². The number of benzene rings is 1. The van der Waals surface area contributed by atoms with E-state index < -0.39 is 26.4 Å². The van der Waals surface area contributed by atoms with Gasteiger partial charge in [-0.25, -0.2) is 9.09 Å². The van der Waals surface area contributed by atoms with Crippen LogP contribution >= 0.6 is 7.91 Å². The van der Waals surface area contributed by atoms with Gasteiger partial charge in [-0.05, 0) is 5.56 Å². The molecule has 1 rings (SSSR count). The highest BCUT2D eigenvalue weighted by atomic mass is 31.2. The Morgan fingerprint density at radius 1 is 1.17 bits per heavy atom. The molecule has 9 heteroatoms. The van der Waals surface area contributed by atoms with Crippen molar-refractivity contribution in [2.75, 3.05) is 0 Å². The first-order valence-electron chi connectivity index (χ1n) is 4.56. The number of hydrogen-bond donors (Lipinski definition) is 1. The number of halogens is 5. The third-order valence-corrected chi connectivity index (χ3v) is 2.38. The normalized spacial score (nSPS) is 16.3. The molecular weight excluding hydrogens is 282 g/mol. The Kier molecular flexibility index (Phi) is 4.15. The smallest absolute Gasteiger partial charge is 0.299 e. The standard InChI is InChI=1S/C9H8F5O3P/c10-8(11,6-7-4-2-1-3-5-7)9(12,13)17-18(14,15)16/h1-5H,6H2,(H,15,16). The van der Waals surface area contributed by atoms with Crippen molar-refractivity contribution in [3.63, 3.8) is 0 Å². The van der Waals surface area contributed by atoms with Crippen molar-refractivity contribution in [1.29, 1.82) is 0 Å². The second-order valence-electron chi connectivity index (χ2n) is 3.43. The van der Waals surface area contributed by atoms with Crippen LogP contribution in [0.4, 0.5) is 21.8 Å². The maximum Gasteiger partial charge on any atom is 0.515 e. The SMILES string of the molecule is O=P(O)(F)OC(F)(F)C(F)(F)Cc1ccccc1. The third kappa shape index (κ3) is 4.04. The molecule has 0 heterocycles. The molecule has 0 aliphatic heterocycles. The first-order chi connectivity index (χ1) is 8.04. The fourth-order valence-electron chi connectivity index (χ4n) is 1.16. The Hall–Kier alpha value is -0.980. The average molecular weight is 290 g/mol. The predicted octanol–water partition coefficient (Wildman–Crippen LogP) is 3.54. The second kappa shape index (κ2) is 4.95. The largest absolute Gasteiger partial charge is 0.515 e. The monoisotopic (exact) mass is 290 g/mol. The number of hydrogen-bond acceptors (Lipinski definition) is 2. The molecule has 0 amide bonds. The van der Waals surface area contributed by atoms with Gasteiger partial charge in [0.15, 0.2) is 0 Å². The van der Waals surface area contributed by atoms with Crippen LogP contribution in [0.5, 0.6) is 0 Å². The molecule has 1 aromatic rings. The zero-order chi connectivity index (χ0) is 14.0. The van der Waals surface area contributed by atoms with Crippen LogP contribution in [0.25, 0.3) is 0 Å². The van der Waals surface area contributed by atoms with Gasteiger partial charge >= 0.3 is 19.9 Å². The van der Waals surface area contributed by atoms with Crippen LogP contribution in [0, 0.1) is 0 Å². The van der Waals surface area contributed by atoms with E-state index in [-0.39, 0.29) is 5.56 Å². The highest BCUT2D eigenvalue weighted by Gasteiger charge is 2.61. The van der Waals surface area contributed by atoms with Gasteiger partial charge in [-0.3, -0.25) is 4.89 Å². The van der Waals surface area contributed by atoms with Gasteiger partial charge in [0.25, 0.3) is 0 Å². The topological polar surface area (TPSA) is 46.5 Å². The molecule has 0 aromatic heterocycles. The zero-order valence-corrected chi connectivity index (χ0v) is 9.59. The summed E-state index contributed by atoms with van der Waals surface area (Å²) in [6, 6.07) is 6.47. The van der Waals surface area contributed by atoms with Crippen molar-refractivity contribution in [3.8, 4) is 0 Å². The summed E-state index contributed by atoms with van der Waals surface area (Å²) in [5, 5.41) is 0. The van der Waals surface area contributed by atoms with E-state index >= 15 is 0 Å². The zero-order valence-electron chi connectivity index (χ0n) is 8.69. The van der Waals surface area contributed by atoms with Crippen molar-refractivity contribution in [2.45, 2.75) is 18.5 Å². The fraction of sp³-hybridized carbons (Fsp3) is 0.333. The summed E-state index contributed by atoms with van der Waals surface area (Å²) >= 11 is 0. The van der Waals surface area contributed by atoms with Crippen molar-refractivity contribution in [1.82, 2.24) is 0 Å². The summed E-state index contributed by atoms with van der Waals surface area (Å²) in [5.41, 5.74) is -0.155. The number of alkyl halides is 4. The fourth-order valence-corrected chi connectivity index (χ4v) is 1.58. The first-order valence-corrected chi connectivity index (χ1v) is 6.03. The van der Waals surface area contributed by atoms with E-state index in [0.29, 0.717) is 0 Å². The molecule has 0 spiro atoms. The van der Waals surface area contributed by atoms with E-state index in [1.807, 2.05) is 0 Å². The lowest BCUT2D eigenvalue weighted by Gasteiger charge is -2.25. The molecule has 1 aromatic carbocycles. The molecule has 1 atom stereocenters. The minimum absolute atomic E-state index is 0.155. The van der Waals surface area contributed by atoms with Crippen molar-refractivity contribution < 1.29 is 35.7 Å². The lowest BCUT2D eigenvalue weighted by Crippen LogP contribution is -2.43. The molecule has 0 fully saturated rings. The lowest BCUT2D eigenvalue weighted by atomic mass is 10.1. The summed E-state index contributed by atoms with van der Waals surface area (Å²) in [5.74, 6) is -4.82. The average Bonchev–Trinajstić information content (AvgIpc) is 2.14. The molecule has 1 unspecified atom stereocenters. The van der Waals surface area contributed by atoms with Crippen molar-refractivity contribution in [3.05, 3.63) is 35.9 Å². The predicted molar refractivity (Wildman–Crippen MR) is 52.1 cm³/mol. The van der Waals surface area contributed by atoms with Crippen LogP contribution in [-0.2, 0) is 15.5 Å². The van der Waals surface area contributed by atoms with E-state index in [1.54, 1.807) is 0 Å². The Bertz CT molecular complexity index is 445. The minimum Gasteiger partial charge on any atom is -0.299 e. The highest BCUT2D eigenvalue weighted by molar-refractivity contribution is 7.46. The molecule has 102 valence electrons. The molecular formula is C9H8F5O3P. The van der Waals surface area contributed by atoms with Gasteiger partial charge in [0.2, 0.25) is 0 Å². The summed E-state index contributed by atoms with van der Waals surface area (Å²) in [6.07, 6.45) is -6.84.